The van der Waals surface area contributed by atoms with Crippen LogP contribution in [0.2, 0.25) is 0 Å². The van der Waals surface area contributed by atoms with Gasteiger partial charge in [0.05, 0.1) is 0 Å². The Labute approximate surface area is 92.6 Å². The maximum absolute atomic E-state index is 11.7. The number of nitrogens with two attached hydrogens (primary N) is 1. The summed E-state index contributed by atoms with van der Waals surface area (Å²) in [5.74, 6) is 3.02. The van der Waals surface area contributed by atoms with Crippen molar-refractivity contribution < 1.29 is 4.79 Å². The van der Waals surface area contributed by atoms with E-state index in [9.17, 15) is 4.79 Å². The first-order valence-electron chi connectivity index (χ1n) is 6.42. The second kappa shape index (κ2) is 4.65. The molecule has 0 saturated heterocycles. The zero-order chi connectivity index (χ0) is 10.8. The normalized spacial score (nSPS) is 35.7. The summed E-state index contributed by atoms with van der Waals surface area (Å²) in [6.45, 7) is 1.98. The van der Waals surface area contributed by atoms with E-state index in [4.69, 9.17) is 5.73 Å². The van der Waals surface area contributed by atoms with Gasteiger partial charge in [-0.25, -0.2) is 0 Å². The van der Waals surface area contributed by atoms with E-state index in [0.717, 1.165) is 30.6 Å². The van der Waals surface area contributed by atoms with Crippen LogP contribution in [-0.2, 0) is 4.79 Å². The number of carbonyl (C=O) groups is 1. The average molecular weight is 209 g/mol. The van der Waals surface area contributed by atoms with Crippen molar-refractivity contribution in [1.29, 1.82) is 0 Å². The number of carbonyl (C=O) groups excluding carboxylic acids is 1. The highest BCUT2D eigenvalue weighted by Gasteiger charge is 2.39. The number of ketones is 1. The Balaban J connectivity index is 1.71. The van der Waals surface area contributed by atoms with Crippen molar-refractivity contribution in [3.8, 4) is 0 Å². The molecule has 0 aromatic carbocycles. The molecule has 2 aliphatic carbocycles. The van der Waals surface area contributed by atoms with Crippen molar-refractivity contribution in [2.75, 3.05) is 0 Å². The molecule has 2 aliphatic rings. The van der Waals surface area contributed by atoms with Crippen molar-refractivity contribution >= 4 is 5.78 Å². The van der Waals surface area contributed by atoms with Crippen molar-refractivity contribution in [3.05, 3.63) is 0 Å². The van der Waals surface area contributed by atoms with Crippen LogP contribution in [0.3, 0.4) is 0 Å². The van der Waals surface area contributed by atoms with Gasteiger partial charge in [0, 0.05) is 18.9 Å². The maximum atomic E-state index is 11.7. The monoisotopic (exact) mass is 209 g/mol. The molecule has 0 aromatic heterocycles. The highest BCUT2D eigenvalue weighted by Crippen LogP contribution is 2.49. The van der Waals surface area contributed by atoms with Gasteiger partial charge in [-0.2, -0.15) is 0 Å². The molecule has 4 atom stereocenters. The molecule has 0 heterocycles. The Morgan fingerprint density at radius 1 is 1.40 bits per heavy atom. The fraction of sp³-hybridized carbons (Fsp3) is 0.923. The number of hydrogen-bond acceptors (Lipinski definition) is 2. The third kappa shape index (κ3) is 2.81. The van der Waals surface area contributed by atoms with Crippen LogP contribution in [0, 0.1) is 17.8 Å². The predicted molar refractivity (Wildman–Crippen MR) is 61.4 cm³/mol. The topological polar surface area (TPSA) is 43.1 Å². The molecule has 86 valence electrons. The van der Waals surface area contributed by atoms with Gasteiger partial charge in [-0.15, -0.1) is 0 Å². The predicted octanol–water partition coefficient (Wildman–Crippen LogP) is 2.51. The van der Waals surface area contributed by atoms with Gasteiger partial charge in [0.2, 0.25) is 0 Å². The number of Topliss-reactive ketones (excluding diaryl/α,β-unsaturated/α-hetero) is 1. The summed E-state index contributed by atoms with van der Waals surface area (Å²) in [5, 5.41) is 0. The molecule has 2 N–H and O–H groups in total. The first kappa shape index (κ1) is 11.1. The van der Waals surface area contributed by atoms with Crippen LogP contribution in [0.4, 0.5) is 0 Å². The molecule has 2 fully saturated rings. The van der Waals surface area contributed by atoms with Crippen molar-refractivity contribution in [3.63, 3.8) is 0 Å². The molecule has 2 nitrogen and oxygen atoms in total. The second-order valence-corrected chi connectivity index (χ2v) is 5.69. The van der Waals surface area contributed by atoms with E-state index >= 15 is 0 Å². The Morgan fingerprint density at radius 2 is 2.20 bits per heavy atom. The summed E-state index contributed by atoms with van der Waals surface area (Å²) < 4.78 is 0. The molecule has 4 unspecified atom stereocenters. The molecule has 0 spiro atoms. The molecule has 0 radical (unpaired) electrons. The van der Waals surface area contributed by atoms with E-state index < -0.39 is 0 Å². The highest BCUT2D eigenvalue weighted by atomic mass is 16.1. The average Bonchev–Trinajstić information content (AvgIpc) is 2.76. The van der Waals surface area contributed by atoms with Gasteiger partial charge in [0.25, 0.3) is 0 Å². The summed E-state index contributed by atoms with van der Waals surface area (Å²) in [7, 11) is 0. The minimum Gasteiger partial charge on any atom is -0.328 e. The van der Waals surface area contributed by atoms with Gasteiger partial charge in [-0.3, -0.25) is 4.79 Å². The summed E-state index contributed by atoms with van der Waals surface area (Å²) in [6.07, 6.45) is 7.95. The van der Waals surface area contributed by atoms with Gasteiger partial charge < -0.3 is 5.73 Å². The van der Waals surface area contributed by atoms with Gasteiger partial charge in [-0.1, -0.05) is 6.42 Å². The standard InChI is InChI=1S/C13H23NO/c1-9(14)2-5-13(15)8-12-7-10-3-4-11(12)6-10/h9-12H,2-8,14H2,1H3. The first-order valence-corrected chi connectivity index (χ1v) is 6.42. The third-order valence-electron chi connectivity index (χ3n) is 4.25. The smallest absolute Gasteiger partial charge is 0.133 e. The number of hydrogen-bond donors (Lipinski definition) is 1. The van der Waals surface area contributed by atoms with E-state index in [1.807, 2.05) is 6.92 Å². The molecule has 2 rings (SSSR count). The lowest BCUT2D eigenvalue weighted by Gasteiger charge is -2.20. The van der Waals surface area contributed by atoms with Crippen LogP contribution >= 0.6 is 0 Å². The van der Waals surface area contributed by atoms with Crippen molar-refractivity contribution in [2.45, 2.75) is 57.9 Å². The van der Waals surface area contributed by atoms with Gasteiger partial charge in [0.1, 0.15) is 5.78 Å². The van der Waals surface area contributed by atoms with Crippen LogP contribution in [-0.4, -0.2) is 11.8 Å². The quantitative estimate of drug-likeness (QED) is 0.756. The fourth-order valence-corrected chi connectivity index (χ4v) is 3.41. The van der Waals surface area contributed by atoms with Crippen LogP contribution in [0.1, 0.15) is 51.9 Å². The number of rotatable bonds is 5. The third-order valence-corrected chi connectivity index (χ3v) is 4.25. The first-order chi connectivity index (χ1) is 7.15. The van der Waals surface area contributed by atoms with Gasteiger partial charge in [-0.05, 0) is 50.4 Å². The largest absolute Gasteiger partial charge is 0.328 e. The second-order valence-electron chi connectivity index (χ2n) is 5.69. The van der Waals surface area contributed by atoms with Gasteiger partial charge in [0.15, 0.2) is 0 Å². The van der Waals surface area contributed by atoms with Crippen LogP contribution in [0.5, 0.6) is 0 Å². The number of fused-ring (bicyclic) bond motifs is 2. The van der Waals surface area contributed by atoms with E-state index in [1.165, 1.54) is 25.7 Å². The van der Waals surface area contributed by atoms with Crippen LogP contribution < -0.4 is 5.73 Å². The maximum Gasteiger partial charge on any atom is 0.133 e. The summed E-state index contributed by atoms with van der Waals surface area (Å²) in [5.41, 5.74) is 5.66. The molecular formula is C13H23NO. The molecule has 0 aliphatic heterocycles. The molecule has 0 amide bonds. The lowest BCUT2D eigenvalue weighted by Crippen LogP contribution is -2.19. The highest BCUT2D eigenvalue weighted by molar-refractivity contribution is 5.78. The van der Waals surface area contributed by atoms with E-state index in [-0.39, 0.29) is 6.04 Å². The van der Waals surface area contributed by atoms with Crippen molar-refractivity contribution in [2.24, 2.45) is 23.5 Å². The van der Waals surface area contributed by atoms with Crippen molar-refractivity contribution in [1.82, 2.24) is 0 Å². The summed E-state index contributed by atoms with van der Waals surface area (Å²) in [6, 6.07) is 0.175. The van der Waals surface area contributed by atoms with E-state index in [1.54, 1.807) is 0 Å². The molecule has 2 saturated carbocycles. The minimum atomic E-state index is 0.175. The lowest BCUT2D eigenvalue weighted by molar-refractivity contribution is -0.120. The minimum absolute atomic E-state index is 0.175. The summed E-state index contributed by atoms with van der Waals surface area (Å²) >= 11 is 0. The van der Waals surface area contributed by atoms with E-state index in [0.29, 0.717) is 12.2 Å². The Kier molecular flexibility index (Phi) is 3.45. The molecule has 15 heavy (non-hydrogen) atoms. The zero-order valence-corrected chi connectivity index (χ0v) is 9.74. The molecular weight excluding hydrogens is 186 g/mol. The fourth-order valence-electron chi connectivity index (χ4n) is 3.41. The van der Waals surface area contributed by atoms with Gasteiger partial charge >= 0.3 is 0 Å². The molecule has 2 bridgehead atoms. The lowest BCUT2D eigenvalue weighted by atomic mass is 9.84. The van der Waals surface area contributed by atoms with Crippen LogP contribution in [0.25, 0.3) is 0 Å². The van der Waals surface area contributed by atoms with E-state index in [2.05, 4.69) is 0 Å². The Bertz CT molecular complexity index is 237. The Hall–Kier alpha value is -0.370. The molecule has 0 aromatic rings. The SMILES string of the molecule is CC(N)CCC(=O)CC1CC2CCC1C2. The van der Waals surface area contributed by atoms with Crippen LogP contribution in [0.15, 0.2) is 0 Å². The summed E-state index contributed by atoms with van der Waals surface area (Å²) in [4.78, 5) is 11.7. The molecule has 2 heteroatoms. The zero-order valence-electron chi connectivity index (χ0n) is 9.74. The Morgan fingerprint density at radius 3 is 2.73 bits per heavy atom.